The lowest BCUT2D eigenvalue weighted by Crippen LogP contribution is -2.27. The molecule has 2 aromatic rings. The van der Waals surface area contributed by atoms with E-state index in [0.29, 0.717) is 29.4 Å². The van der Waals surface area contributed by atoms with Crippen molar-refractivity contribution < 1.29 is 9.18 Å². The third-order valence-corrected chi connectivity index (χ3v) is 7.29. The maximum atomic E-state index is 15.5. The normalized spacial score (nSPS) is 24.0. The lowest BCUT2D eigenvalue weighted by Gasteiger charge is -2.27. The number of nitrogens with two attached hydrogens (primary N) is 1. The molecule has 4 rings (SSSR count). The Morgan fingerprint density at radius 2 is 2.13 bits per heavy atom. The van der Waals surface area contributed by atoms with Gasteiger partial charge in [-0.05, 0) is 37.8 Å². The van der Waals surface area contributed by atoms with Crippen LogP contribution in [0.3, 0.4) is 0 Å². The van der Waals surface area contributed by atoms with Gasteiger partial charge in [-0.2, -0.15) is 5.26 Å². The van der Waals surface area contributed by atoms with Gasteiger partial charge in [0.2, 0.25) is 0 Å². The molecule has 0 bridgehead atoms. The summed E-state index contributed by atoms with van der Waals surface area (Å²) < 4.78 is 15.5. The molecule has 2 aliphatic rings. The highest BCUT2D eigenvalue weighted by Gasteiger charge is 2.53. The van der Waals surface area contributed by atoms with Crippen LogP contribution in [-0.4, -0.2) is 36.4 Å². The lowest BCUT2D eigenvalue weighted by molar-refractivity contribution is 0.0824. The van der Waals surface area contributed by atoms with Crippen LogP contribution in [0, 0.1) is 22.6 Å². The molecule has 3 N–H and O–H groups in total. The number of anilines is 2. The van der Waals surface area contributed by atoms with Gasteiger partial charge in [-0.3, -0.25) is 4.79 Å². The third kappa shape index (κ3) is 3.12. The second-order valence-electron chi connectivity index (χ2n) is 8.86. The van der Waals surface area contributed by atoms with Gasteiger partial charge < -0.3 is 16.0 Å². The SMILES string of the molecule is CCC1(C#N)CCC2(CNc3ncc(-c4ccc(N)c(C(=O)N(C)C)c4F)c(Cl)c32)C1. The van der Waals surface area contributed by atoms with E-state index in [1.165, 1.54) is 23.2 Å². The molecule has 1 aliphatic heterocycles. The minimum absolute atomic E-state index is 0.0703. The second-order valence-corrected chi connectivity index (χ2v) is 9.23. The number of amides is 1. The van der Waals surface area contributed by atoms with E-state index >= 15 is 4.39 Å². The number of nitrogens with one attached hydrogen (secondary N) is 1. The number of carbonyl (C=O) groups is 1. The van der Waals surface area contributed by atoms with Crippen molar-refractivity contribution in [2.45, 2.75) is 38.0 Å². The molecular weight excluding hydrogens is 417 g/mol. The largest absolute Gasteiger partial charge is 0.398 e. The Bertz CT molecular complexity index is 1130. The fourth-order valence-corrected chi connectivity index (χ4v) is 5.46. The molecule has 31 heavy (non-hydrogen) atoms. The number of halogens is 2. The van der Waals surface area contributed by atoms with Crippen LogP contribution in [0.25, 0.3) is 11.1 Å². The van der Waals surface area contributed by atoms with Crippen LogP contribution in [0.15, 0.2) is 18.3 Å². The van der Waals surface area contributed by atoms with Crippen molar-refractivity contribution in [2.24, 2.45) is 5.41 Å². The number of rotatable bonds is 3. The highest BCUT2D eigenvalue weighted by atomic mass is 35.5. The summed E-state index contributed by atoms with van der Waals surface area (Å²) >= 11 is 6.89. The number of nitriles is 1. The number of hydrogen-bond donors (Lipinski definition) is 2. The first-order valence-corrected chi connectivity index (χ1v) is 10.7. The summed E-state index contributed by atoms with van der Waals surface area (Å²) in [5.41, 5.74) is 6.55. The first kappa shape index (κ1) is 21.4. The van der Waals surface area contributed by atoms with E-state index in [1.807, 2.05) is 6.92 Å². The minimum Gasteiger partial charge on any atom is -0.398 e. The van der Waals surface area contributed by atoms with Gasteiger partial charge in [0.05, 0.1) is 22.1 Å². The van der Waals surface area contributed by atoms with E-state index < -0.39 is 11.7 Å². The van der Waals surface area contributed by atoms with E-state index in [0.717, 1.165) is 24.8 Å². The first-order chi connectivity index (χ1) is 14.7. The molecule has 162 valence electrons. The molecule has 8 heteroatoms. The Kier molecular flexibility index (Phi) is 5.09. The zero-order chi connectivity index (χ0) is 22.6. The second kappa shape index (κ2) is 7.38. The van der Waals surface area contributed by atoms with E-state index in [-0.39, 0.29) is 27.6 Å². The quantitative estimate of drug-likeness (QED) is 0.679. The Morgan fingerprint density at radius 1 is 1.39 bits per heavy atom. The zero-order valence-corrected chi connectivity index (χ0v) is 18.6. The van der Waals surface area contributed by atoms with Gasteiger partial charge in [-0.1, -0.05) is 18.5 Å². The average molecular weight is 442 g/mol. The molecule has 2 unspecified atom stereocenters. The summed E-state index contributed by atoms with van der Waals surface area (Å²) in [5, 5.41) is 13.5. The van der Waals surface area contributed by atoms with E-state index in [1.54, 1.807) is 14.1 Å². The van der Waals surface area contributed by atoms with Crippen LogP contribution >= 0.6 is 11.6 Å². The Hall–Kier alpha value is -2.85. The molecule has 1 spiro atoms. The molecule has 6 nitrogen and oxygen atoms in total. The van der Waals surface area contributed by atoms with Crippen LogP contribution in [0.5, 0.6) is 0 Å². The zero-order valence-electron chi connectivity index (χ0n) is 17.9. The molecule has 1 fully saturated rings. The lowest BCUT2D eigenvalue weighted by atomic mass is 9.75. The average Bonchev–Trinajstić information content (AvgIpc) is 3.31. The first-order valence-electron chi connectivity index (χ1n) is 10.3. The summed E-state index contributed by atoms with van der Waals surface area (Å²) in [6.07, 6.45) is 4.59. The van der Waals surface area contributed by atoms with Crippen LogP contribution < -0.4 is 11.1 Å². The van der Waals surface area contributed by atoms with E-state index in [4.69, 9.17) is 17.3 Å². The van der Waals surface area contributed by atoms with Crippen molar-refractivity contribution in [1.29, 1.82) is 5.26 Å². The van der Waals surface area contributed by atoms with Crippen molar-refractivity contribution in [3.05, 3.63) is 40.3 Å². The summed E-state index contributed by atoms with van der Waals surface area (Å²) in [6, 6.07) is 5.56. The maximum Gasteiger partial charge on any atom is 0.258 e. The summed E-state index contributed by atoms with van der Waals surface area (Å²) in [6.45, 7) is 2.69. The predicted octanol–water partition coefficient (Wildman–Crippen LogP) is 4.59. The molecule has 1 aromatic heterocycles. The topological polar surface area (TPSA) is 95.0 Å². The third-order valence-electron chi connectivity index (χ3n) is 6.90. The van der Waals surface area contributed by atoms with Crippen molar-refractivity contribution in [3.8, 4) is 17.2 Å². The molecule has 0 saturated heterocycles. The molecule has 1 saturated carbocycles. The van der Waals surface area contributed by atoms with Crippen LogP contribution in [0.4, 0.5) is 15.9 Å². The maximum absolute atomic E-state index is 15.5. The smallest absolute Gasteiger partial charge is 0.258 e. The molecule has 1 aromatic carbocycles. The Labute approximate surface area is 186 Å². The number of benzene rings is 1. The van der Waals surface area contributed by atoms with Crippen molar-refractivity contribution in [1.82, 2.24) is 9.88 Å². The molecule has 2 heterocycles. The minimum atomic E-state index is -0.714. The van der Waals surface area contributed by atoms with Crippen LogP contribution in [-0.2, 0) is 5.41 Å². The number of pyridine rings is 1. The van der Waals surface area contributed by atoms with Crippen LogP contribution in [0.2, 0.25) is 5.02 Å². The predicted molar refractivity (Wildman–Crippen MR) is 119 cm³/mol. The number of fused-ring (bicyclic) bond motifs is 2. The molecular formula is C23H25ClFN5O. The van der Waals surface area contributed by atoms with Gasteiger partial charge in [-0.15, -0.1) is 0 Å². The van der Waals surface area contributed by atoms with Gasteiger partial charge in [0.1, 0.15) is 11.6 Å². The van der Waals surface area contributed by atoms with E-state index in [9.17, 15) is 10.1 Å². The number of aromatic nitrogens is 1. The standard InChI is InChI=1S/C23H25ClFN5O/c1-4-22(11-26)7-8-23(10-22)12-29-20-17(23)18(24)14(9-28-20)13-5-6-15(27)16(19(13)25)21(31)30(2)3/h5-6,9H,4,7-8,10,12,27H2,1-3H3,(H,28,29). The highest BCUT2D eigenvalue weighted by Crippen LogP contribution is 2.58. The fourth-order valence-electron chi connectivity index (χ4n) is 5.02. The van der Waals surface area contributed by atoms with Crippen LogP contribution in [0.1, 0.15) is 48.5 Å². The number of hydrogen-bond acceptors (Lipinski definition) is 5. The number of carbonyl (C=O) groups excluding carboxylic acids is 1. The van der Waals surface area contributed by atoms with Gasteiger partial charge in [0.15, 0.2) is 0 Å². The fraction of sp³-hybridized carbons (Fsp3) is 0.435. The van der Waals surface area contributed by atoms with Crippen molar-refractivity contribution in [2.75, 3.05) is 31.7 Å². The van der Waals surface area contributed by atoms with Crippen molar-refractivity contribution in [3.63, 3.8) is 0 Å². The summed E-state index contributed by atoms with van der Waals surface area (Å²) in [7, 11) is 3.09. The van der Waals surface area contributed by atoms with Crippen molar-refractivity contribution >= 4 is 29.0 Å². The number of nitrogens with zero attached hydrogens (tertiary/aromatic N) is 3. The molecule has 1 amide bonds. The van der Waals surface area contributed by atoms with E-state index in [2.05, 4.69) is 16.4 Å². The van der Waals surface area contributed by atoms with Gasteiger partial charge in [0, 0.05) is 54.6 Å². The Morgan fingerprint density at radius 3 is 2.74 bits per heavy atom. The molecule has 0 radical (unpaired) electrons. The monoisotopic (exact) mass is 441 g/mol. The molecule has 1 aliphatic carbocycles. The summed E-state index contributed by atoms with van der Waals surface area (Å²) in [5.74, 6) is -0.550. The number of nitrogen functional groups attached to an aromatic ring is 1. The molecule has 2 atom stereocenters. The van der Waals surface area contributed by atoms with Gasteiger partial charge in [-0.25, -0.2) is 9.37 Å². The van der Waals surface area contributed by atoms with Gasteiger partial charge in [0.25, 0.3) is 5.91 Å². The Balaban J connectivity index is 1.86. The highest BCUT2D eigenvalue weighted by molar-refractivity contribution is 6.34. The van der Waals surface area contributed by atoms with Gasteiger partial charge >= 0.3 is 0 Å². The summed E-state index contributed by atoms with van der Waals surface area (Å²) in [4.78, 5) is 18.3.